The Bertz CT molecular complexity index is 820. The SMILES string of the molecule is Cc1cc2ncn(CC34CCN(CC3)CC4)c(=O)c2c(Cl)c1C. The zero-order valence-corrected chi connectivity index (χ0v) is 14.5. The van der Waals surface area contributed by atoms with Crippen LogP contribution in [0.15, 0.2) is 17.2 Å². The summed E-state index contributed by atoms with van der Waals surface area (Å²) >= 11 is 6.47. The third-order valence-corrected chi connectivity index (χ3v) is 6.41. The topological polar surface area (TPSA) is 38.1 Å². The van der Waals surface area contributed by atoms with Gasteiger partial charge in [0.2, 0.25) is 0 Å². The number of nitrogens with zero attached hydrogens (tertiary/aromatic N) is 3. The molecule has 0 N–H and O–H groups in total. The molecule has 4 nitrogen and oxygen atoms in total. The summed E-state index contributed by atoms with van der Waals surface area (Å²) in [5.41, 5.74) is 3.02. The Kier molecular flexibility index (Phi) is 3.50. The van der Waals surface area contributed by atoms with Crippen molar-refractivity contribution >= 4 is 22.5 Å². The zero-order chi connectivity index (χ0) is 16.2. The van der Waals surface area contributed by atoms with Gasteiger partial charge in [0, 0.05) is 6.54 Å². The van der Waals surface area contributed by atoms with Crippen LogP contribution in [0.4, 0.5) is 0 Å². The van der Waals surface area contributed by atoms with E-state index in [4.69, 9.17) is 11.6 Å². The van der Waals surface area contributed by atoms with Gasteiger partial charge in [0.15, 0.2) is 0 Å². The van der Waals surface area contributed by atoms with Gasteiger partial charge in [-0.25, -0.2) is 4.98 Å². The second-order valence-corrected chi connectivity index (χ2v) is 7.67. The van der Waals surface area contributed by atoms with Gasteiger partial charge in [-0.2, -0.15) is 0 Å². The number of aryl methyl sites for hydroxylation is 1. The zero-order valence-electron chi connectivity index (χ0n) is 13.7. The summed E-state index contributed by atoms with van der Waals surface area (Å²) in [4.78, 5) is 20.0. The number of piperidine rings is 3. The first-order valence-corrected chi connectivity index (χ1v) is 8.74. The molecule has 3 aliphatic heterocycles. The van der Waals surface area contributed by atoms with Crippen molar-refractivity contribution in [2.75, 3.05) is 19.6 Å². The summed E-state index contributed by atoms with van der Waals surface area (Å²) < 4.78 is 1.80. The molecule has 122 valence electrons. The van der Waals surface area contributed by atoms with Gasteiger partial charge in [-0.05, 0) is 75.4 Å². The van der Waals surface area contributed by atoms with E-state index >= 15 is 0 Å². The minimum atomic E-state index is 0.00507. The molecule has 0 spiro atoms. The van der Waals surface area contributed by atoms with E-state index in [0.717, 1.165) is 37.3 Å². The van der Waals surface area contributed by atoms with E-state index in [0.29, 0.717) is 15.9 Å². The maximum absolute atomic E-state index is 13.0. The number of hydrogen-bond acceptors (Lipinski definition) is 3. The Labute approximate surface area is 141 Å². The van der Waals surface area contributed by atoms with Crippen LogP contribution in [0, 0.1) is 19.3 Å². The van der Waals surface area contributed by atoms with Gasteiger partial charge in [0.25, 0.3) is 5.56 Å². The van der Waals surface area contributed by atoms with Gasteiger partial charge < -0.3 is 4.90 Å². The van der Waals surface area contributed by atoms with Crippen LogP contribution in [-0.4, -0.2) is 34.1 Å². The van der Waals surface area contributed by atoms with Crippen LogP contribution in [0.3, 0.4) is 0 Å². The summed E-state index contributed by atoms with van der Waals surface area (Å²) in [6.45, 7) is 8.22. The Morgan fingerprint density at radius 1 is 1.22 bits per heavy atom. The molecule has 0 radical (unpaired) electrons. The lowest BCUT2D eigenvalue weighted by atomic mass is 9.72. The quantitative estimate of drug-likeness (QED) is 0.848. The fraction of sp³-hybridized carbons (Fsp3) is 0.556. The molecule has 5 heteroatoms. The maximum Gasteiger partial charge on any atom is 0.262 e. The van der Waals surface area contributed by atoms with Crippen LogP contribution in [0.25, 0.3) is 10.9 Å². The van der Waals surface area contributed by atoms with Crippen LogP contribution < -0.4 is 5.56 Å². The fourth-order valence-electron chi connectivity index (χ4n) is 4.10. The normalized spacial score (nSPS) is 26.8. The monoisotopic (exact) mass is 331 g/mol. The summed E-state index contributed by atoms with van der Waals surface area (Å²) in [6.07, 6.45) is 5.25. The van der Waals surface area contributed by atoms with Crippen molar-refractivity contribution in [1.82, 2.24) is 14.5 Å². The number of aromatic nitrogens is 2. The lowest BCUT2D eigenvalue weighted by molar-refractivity contribution is 0.0126. The number of rotatable bonds is 2. The van der Waals surface area contributed by atoms with Gasteiger partial charge in [0.05, 0.1) is 22.3 Å². The van der Waals surface area contributed by atoms with Gasteiger partial charge in [0.1, 0.15) is 0 Å². The van der Waals surface area contributed by atoms with Crippen LogP contribution >= 0.6 is 11.6 Å². The molecule has 4 heterocycles. The summed E-state index contributed by atoms with van der Waals surface area (Å²) in [7, 11) is 0. The average Bonchev–Trinajstić information content (AvgIpc) is 2.57. The van der Waals surface area contributed by atoms with E-state index in [-0.39, 0.29) is 11.0 Å². The first kappa shape index (κ1) is 15.2. The second kappa shape index (κ2) is 5.32. The smallest absolute Gasteiger partial charge is 0.262 e. The van der Waals surface area contributed by atoms with Crippen molar-refractivity contribution in [3.05, 3.63) is 38.9 Å². The van der Waals surface area contributed by atoms with Crippen molar-refractivity contribution in [2.24, 2.45) is 5.41 Å². The predicted molar refractivity (Wildman–Crippen MR) is 93.2 cm³/mol. The number of halogens is 1. The highest BCUT2D eigenvalue weighted by molar-refractivity contribution is 6.36. The first-order chi connectivity index (χ1) is 11.0. The van der Waals surface area contributed by atoms with Crippen molar-refractivity contribution in [1.29, 1.82) is 0 Å². The molecule has 5 rings (SSSR count). The molecule has 2 bridgehead atoms. The Morgan fingerprint density at radius 3 is 2.52 bits per heavy atom. The highest BCUT2D eigenvalue weighted by atomic mass is 35.5. The fourth-order valence-corrected chi connectivity index (χ4v) is 4.43. The van der Waals surface area contributed by atoms with Crippen molar-refractivity contribution in [3.8, 4) is 0 Å². The lowest BCUT2D eigenvalue weighted by Gasteiger charge is -2.48. The minimum Gasteiger partial charge on any atom is -0.303 e. The molecule has 0 unspecified atom stereocenters. The van der Waals surface area contributed by atoms with E-state index in [9.17, 15) is 4.79 Å². The van der Waals surface area contributed by atoms with Crippen LogP contribution in [-0.2, 0) is 6.54 Å². The molecule has 0 aliphatic carbocycles. The van der Waals surface area contributed by atoms with Gasteiger partial charge in [-0.15, -0.1) is 0 Å². The molecule has 0 atom stereocenters. The molecule has 2 aromatic rings. The lowest BCUT2D eigenvalue weighted by Crippen LogP contribution is -2.50. The highest BCUT2D eigenvalue weighted by Gasteiger charge is 2.39. The summed E-state index contributed by atoms with van der Waals surface area (Å²) in [5.74, 6) is 0. The van der Waals surface area contributed by atoms with E-state index in [1.54, 1.807) is 10.9 Å². The Balaban J connectivity index is 1.79. The van der Waals surface area contributed by atoms with E-state index < -0.39 is 0 Å². The predicted octanol–water partition coefficient (Wildman–Crippen LogP) is 3.15. The molecule has 1 aromatic carbocycles. The molecule has 0 amide bonds. The molecular weight excluding hydrogens is 310 g/mol. The summed E-state index contributed by atoms with van der Waals surface area (Å²) in [5, 5.41) is 1.13. The number of benzene rings is 1. The highest BCUT2D eigenvalue weighted by Crippen LogP contribution is 2.41. The standard InChI is InChI=1S/C18H22ClN3O/c1-12-9-14-15(16(19)13(12)2)17(23)22(11-20-14)10-18-3-6-21(7-4-18)8-5-18/h9,11H,3-8,10H2,1-2H3. The van der Waals surface area contributed by atoms with Crippen LogP contribution in [0.1, 0.15) is 30.4 Å². The third kappa shape index (κ3) is 2.39. The number of hydrogen-bond donors (Lipinski definition) is 0. The van der Waals surface area contributed by atoms with Gasteiger partial charge in [-0.3, -0.25) is 9.36 Å². The van der Waals surface area contributed by atoms with E-state index in [1.807, 2.05) is 19.9 Å². The van der Waals surface area contributed by atoms with Crippen LogP contribution in [0.5, 0.6) is 0 Å². The van der Waals surface area contributed by atoms with Crippen molar-refractivity contribution < 1.29 is 0 Å². The Morgan fingerprint density at radius 2 is 1.87 bits per heavy atom. The van der Waals surface area contributed by atoms with Crippen molar-refractivity contribution in [3.63, 3.8) is 0 Å². The molecule has 3 aliphatic rings. The molecule has 3 fully saturated rings. The third-order valence-electron chi connectivity index (χ3n) is 5.94. The summed E-state index contributed by atoms with van der Waals surface area (Å²) in [6, 6.07) is 1.96. The molecule has 0 saturated carbocycles. The van der Waals surface area contributed by atoms with Gasteiger partial charge in [-0.1, -0.05) is 11.6 Å². The molecule has 23 heavy (non-hydrogen) atoms. The first-order valence-electron chi connectivity index (χ1n) is 8.36. The maximum atomic E-state index is 13.0. The average molecular weight is 332 g/mol. The molecule has 1 aromatic heterocycles. The molecule has 3 saturated heterocycles. The largest absolute Gasteiger partial charge is 0.303 e. The Hall–Kier alpha value is -1.39. The van der Waals surface area contributed by atoms with Crippen LogP contribution in [0.2, 0.25) is 5.02 Å². The van der Waals surface area contributed by atoms with E-state index in [1.165, 1.54) is 19.3 Å². The molecular formula is C18H22ClN3O. The van der Waals surface area contributed by atoms with E-state index in [2.05, 4.69) is 9.88 Å². The van der Waals surface area contributed by atoms with Gasteiger partial charge >= 0.3 is 0 Å². The van der Waals surface area contributed by atoms with Crippen molar-refractivity contribution in [2.45, 2.75) is 39.7 Å². The second-order valence-electron chi connectivity index (χ2n) is 7.30. The minimum absolute atomic E-state index is 0.00507. The number of fused-ring (bicyclic) bond motifs is 4.